The Hall–Kier alpha value is -2.44. The number of hydrogen-bond acceptors (Lipinski definition) is 5. The number of anilines is 1. The number of pyridine rings is 1. The number of aliphatic hydroxyl groups excluding tert-OH is 1. The van der Waals surface area contributed by atoms with Gasteiger partial charge in [0.15, 0.2) is 0 Å². The number of fused-ring (bicyclic) bond motifs is 1. The average molecular weight is 355 g/mol. The van der Waals surface area contributed by atoms with Crippen molar-refractivity contribution in [2.45, 2.75) is 45.1 Å². The van der Waals surface area contributed by atoms with Crippen LogP contribution in [0.15, 0.2) is 36.7 Å². The van der Waals surface area contributed by atoms with Crippen molar-refractivity contribution in [3.05, 3.63) is 47.8 Å². The van der Waals surface area contributed by atoms with Crippen LogP contribution in [0.5, 0.6) is 0 Å². The molecule has 1 unspecified atom stereocenters. The molecule has 0 aliphatic carbocycles. The SMILES string of the molecule is CN1c2ccc(-c3cncc(CNC(=O)C(C)(C)O)c3)cc2CCC1O. The van der Waals surface area contributed by atoms with E-state index in [1.807, 2.05) is 30.1 Å². The molecule has 3 N–H and O–H groups in total. The Bertz CT molecular complexity index is 814. The Morgan fingerprint density at radius 2 is 2.08 bits per heavy atom. The van der Waals surface area contributed by atoms with Gasteiger partial charge in [0.25, 0.3) is 5.91 Å². The lowest BCUT2D eigenvalue weighted by atomic mass is 9.96. The zero-order valence-electron chi connectivity index (χ0n) is 15.4. The van der Waals surface area contributed by atoms with Gasteiger partial charge < -0.3 is 20.4 Å². The third kappa shape index (κ3) is 3.86. The van der Waals surface area contributed by atoms with Crippen LogP contribution in [-0.2, 0) is 17.8 Å². The lowest BCUT2D eigenvalue weighted by Gasteiger charge is -2.32. The maximum atomic E-state index is 11.8. The summed E-state index contributed by atoms with van der Waals surface area (Å²) in [6.07, 6.45) is 4.62. The van der Waals surface area contributed by atoms with E-state index in [4.69, 9.17) is 0 Å². The van der Waals surface area contributed by atoms with Gasteiger partial charge in [0.1, 0.15) is 11.8 Å². The Morgan fingerprint density at radius 1 is 1.31 bits per heavy atom. The first-order valence-corrected chi connectivity index (χ1v) is 8.74. The number of aliphatic hydroxyl groups is 2. The van der Waals surface area contributed by atoms with Crippen molar-refractivity contribution in [1.29, 1.82) is 0 Å². The van der Waals surface area contributed by atoms with Crippen LogP contribution in [0.25, 0.3) is 11.1 Å². The van der Waals surface area contributed by atoms with Crippen molar-refractivity contribution < 1.29 is 15.0 Å². The minimum absolute atomic E-state index is 0.309. The Labute approximate surface area is 153 Å². The number of nitrogens with one attached hydrogen (secondary N) is 1. The van der Waals surface area contributed by atoms with Gasteiger partial charge in [-0.1, -0.05) is 6.07 Å². The van der Waals surface area contributed by atoms with Crippen molar-refractivity contribution in [3.8, 4) is 11.1 Å². The number of benzene rings is 1. The van der Waals surface area contributed by atoms with Crippen LogP contribution in [0.1, 0.15) is 31.4 Å². The van der Waals surface area contributed by atoms with Crippen LogP contribution < -0.4 is 10.2 Å². The first kappa shape index (κ1) is 18.4. The molecule has 138 valence electrons. The van der Waals surface area contributed by atoms with Crippen LogP contribution in [-0.4, -0.2) is 40.0 Å². The van der Waals surface area contributed by atoms with Crippen LogP contribution >= 0.6 is 0 Å². The molecule has 1 amide bonds. The van der Waals surface area contributed by atoms with E-state index in [9.17, 15) is 15.0 Å². The van der Waals surface area contributed by atoms with Gasteiger partial charge in [-0.25, -0.2) is 0 Å². The van der Waals surface area contributed by atoms with E-state index in [-0.39, 0.29) is 0 Å². The molecule has 0 spiro atoms. The summed E-state index contributed by atoms with van der Waals surface area (Å²) in [7, 11) is 1.90. The van der Waals surface area contributed by atoms with Crippen LogP contribution in [0.4, 0.5) is 5.69 Å². The lowest BCUT2D eigenvalue weighted by molar-refractivity contribution is -0.136. The molecule has 1 aliphatic rings. The van der Waals surface area contributed by atoms with Crippen molar-refractivity contribution in [2.75, 3.05) is 11.9 Å². The number of carbonyl (C=O) groups excluding carboxylic acids is 1. The van der Waals surface area contributed by atoms with Gasteiger partial charge in [-0.3, -0.25) is 9.78 Å². The van der Waals surface area contributed by atoms with Crippen molar-refractivity contribution in [3.63, 3.8) is 0 Å². The molecule has 0 saturated carbocycles. The fourth-order valence-corrected chi connectivity index (χ4v) is 3.09. The fourth-order valence-electron chi connectivity index (χ4n) is 3.09. The van der Waals surface area contributed by atoms with Gasteiger partial charge in [0.2, 0.25) is 0 Å². The van der Waals surface area contributed by atoms with Crippen molar-refractivity contribution in [1.82, 2.24) is 10.3 Å². The summed E-state index contributed by atoms with van der Waals surface area (Å²) in [6, 6.07) is 8.16. The van der Waals surface area contributed by atoms with E-state index < -0.39 is 17.7 Å². The zero-order valence-corrected chi connectivity index (χ0v) is 15.4. The Kier molecular flexibility index (Phi) is 4.98. The second kappa shape index (κ2) is 7.05. The number of hydrogen-bond donors (Lipinski definition) is 3. The minimum Gasteiger partial charge on any atom is -0.381 e. The zero-order chi connectivity index (χ0) is 18.9. The van der Waals surface area contributed by atoms with E-state index in [2.05, 4.69) is 16.4 Å². The molecule has 26 heavy (non-hydrogen) atoms. The summed E-state index contributed by atoms with van der Waals surface area (Å²) in [5.74, 6) is -0.418. The highest BCUT2D eigenvalue weighted by molar-refractivity contribution is 5.83. The monoisotopic (exact) mass is 355 g/mol. The second-order valence-electron chi connectivity index (χ2n) is 7.30. The highest BCUT2D eigenvalue weighted by Gasteiger charge is 2.23. The molecule has 6 nitrogen and oxygen atoms in total. The molecule has 2 aromatic rings. The van der Waals surface area contributed by atoms with Gasteiger partial charge in [0, 0.05) is 37.2 Å². The van der Waals surface area contributed by atoms with Crippen molar-refractivity contribution >= 4 is 11.6 Å². The van der Waals surface area contributed by atoms with Gasteiger partial charge in [-0.15, -0.1) is 0 Å². The summed E-state index contributed by atoms with van der Waals surface area (Å²) >= 11 is 0. The molecular formula is C20H25N3O3. The smallest absolute Gasteiger partial charge is 0.251 e. The van der Waals surface area contributed by atoms with Gasteiger partial charge in [-0.05, 0) is 61.6 Å². The molecule has 0 bridgehead atoms. The molecule has 3 rings (SSSR count). The molecule has 6 heteroatoms. The summed E-state index contributed by atoms with van der Waals surface area (Å²) in [4.78, 5) is 18.0. The highest BCUT2D eigenvalue weighted by atomic mass is 16.3. The first-order valence-electron chi connectivity index (χ1n) is 8.74. The maximum absolute atomic E-state index is 11.8. The van der Waals surface area contributed by atoms with Crippen LogP contribution in [0, 0.1) is 0 Å². The molecule has 1 atom stereocenters. The quantitative estimate of drug-likeness (QED) is 0.779. The molecule has 1 aromatic heterocycles. The summed E-state index contributed by atoms with van der Waals surface area (Å²) < 4.78 is 0. The molecule has 2 heterocycles. The molecule has 1 aromatic carbocycles. The highest BCUT2D eigenvalue weighted by Crippen LogP contribution is 2.32. The van der Waals surface area contributed by atoms with Gasteiger partial charge in [-0.2, -0.15) is 0 Å². The van der Waals surface area contributed by atoms with Gasteiger partial charge >= 0.3 is 0 Å². The molecular weight excluding hydrogens is 330 g/mol. The standard InChI is InChI=1S/C20H25N3O3/c1-20(2,26)19(25)22-11-13-8-16(12-21-10-13)14-4-6-17-15(9-14)5-7-18(24)23(17)3/h4,6,8-10,12,18,24,26H,5,7,11H2,1-3H3,(H,22,25). The van der Waals surface area contributed by atoms with E-state index >= 15 is 0 Å². The van der Waals surface area contributed by atoms with Gasteiger partial charge in [0.05, 0.1) is 0 Å². The van der Waals surface area contributed by atoms with E-state index in [1.54, 1.807) is 12.4 Å². The Balaban J connectivity index is 1.79. The minimum atomic E-state index is -1.40. The predicted molar refractivity (Wildman–Crippen MR) is 101 cm³/mol. The first-order chi connectivity index (χ1) is 12.3. The van der Waals surface area contributed by atoms with E-state index in [0.29, 0.717) is 13.0 Å². The molecule has 0 saturated heterocycles. The summed E-state index contributed by atoms with van der Waals surface area (Å²) in [5.41, 5.74) is 3.74. The number of nitrogens with zero attached hydrogens (tertiary/aromatic N) is 2. The number of aromatic nitrogens is 1. The third-order valence-electron chi connectivity index (χ3n) is 4.72. The Morgan fingerprint density at radius 3 is 2.81 bits per heavy atom. The largest absolute Gasteiger partial charge is 0.381 e. The topological polar surface area (TPSA) is 85.7 Å². The fraction of sp³-hybridized carbons (Fsp3) is 0.400. The number of aryl methyl sites for hydroxylation is 1. The summed E-state index contributed by atoms with van der Waals surface area (Å²) in [5, 5.41) is 22.4. The van der Waals surface area contributed by atoms with Crippen molar-refractivity contribution in [2.24, 2.45) is 0 Å². The molecule has 0 radical (unpaired) electrons. The maximum Gasteiger partial charge on any atom is 0.251 e. The van der Waals surface area contributed by atoms with E-state index in [0.717, 1.165) is 28.8 Å². The van der Waals surface area contributed by atoms with Crippen LogP contribution in [0.2, 0.25) is 0 Å². The number of amides is 1. The average Bonchev–Trinajstić information content (AvgIpc) is 2.62. The summed E-state index contributed by atoms with van der Waals surface area (Å²) in [6.45, 7) is 3.22. The predicted octanol–water partition coefficient (Wildman–Crippen LogP) is 1.84. The van der Waals surface area contributed by atoms with Crippen LogP contribution in [0.3, 0.4) is 0 Å². The number of rotatable bonds is 4. The normalized spacial score (nSPS) is 17.0. The number of carbonyl (C=O) groups is 1. The second-order valence-corrected chi connectivity index (χ2v) is 7.30. The molecule has 1 aliphatic heterocycles. The lowest BCUT2D eigenvalue weighted by Crippen LogP contribution is -2.41. The molecule has 0 fully saturated rings. The third-order valence-corrected chi connectivity index (χ3v) is 4.72. The van der Waals surface area contributed by atoms with E-state index in [1.165, 1.54) is 19.4 Å².